The summed E-state index contributed by atoms with van der Waals surface area (Å²) in [4.78, 5) is 12.7. The van der Waals surface area contributed by atoms with Crippen molar-refractivity contribution in [2.24, 2.45) is 0 Å². The fourth-order valence-corrected chi connectivity index (χ4v) is 2.65. The van der Waals surface area contributed by atoms with E-state index in [2.05, 4.69) is 0 Å². The first-order valence-corrected chi connectivity index (χ1v) is 6.86. The normalized spacial score (nSPS) is 21.0. The summed E-state index contributed by atoms with van der Waals surface area (Å²) in [6.07, 6.45) is -2.72. The molecule has 3 nitrogen and oxygen atoms in total. The highest BCUT2D eigenvalue weighted by Gasteiger charge is 2.36. The van der Waals surface area contributed by atoms with Gasteiger partial charge in [0.25, 0.3) is 0 Å². The van der Waals surface area contributed by atoms with Crippen LogP contribution in [0.15, 0.2) is 24.3 Å². The molecule has 2 rings (SSSR count). The maximum atomic E-state index is 12.5. The van der Waals surface area contributed by atoms with Crippen LogP contribution in [0.5, 0.6) is 0 Å². The van der Waals surface area contributed by atoms with Gasteiger partial charge in [-0.05, 0) is 37.5 Å². The van der Waals surface area contributed by atoms with Gasteiger partial charge in [0.15, 0.2) is 0 Å². The second kappa shape index (κ2) is 5.77. The second-order valence-corrected chi connectivity index (χ2v) is 5.52. The number of benzene rings is 1. The number of carbonyl (C=O) groups is 1. The Kier molecular flexibility index (Phi) is 4.39. The lowest BCUT2D eigenvalue weighted by Crippen LogP contribution is -2.46. The zero-order chi connectivity index (χ0) is 15.7. The van der Waals surface area contributed by atoms with Crippen molar-refractivity contribution in [1.82, 2.24) is 4.90 Å². The Labute approximate surface area is 121 Å². The van der Waals surface area contributed by atoms with E-state index < -0.39 is 17.3 Å². The molecule has 1 aliphatic heterocycles. The maximum absolute atomic E-state index is 12.5. The van der Waals surface area contributed by atoms with Gasteiger partial charge in [-0.1, -0.05) is 12.1 Å². The molecule has 1 fully saturated rings. The van der Waals surface area contributed by atoms with Gasteiger partial charge in [-0.15, -0.1) is 0 Å². The molecule has 1 saturated heterocycles. The van der Waals surface area contributed by atoms with Crippen LogP contribution >= 0.6 is 0 Å². The SMILES string of the molecule is CC(C=O)N1CCC(O)(c2ccc(C(F)(F)F)cc2)CC1. The molecular weight excluding hydrogens is 283 g/mol. The molecule has 116 valence electrons. The minimum Gasteiger partial charge on any atom is -0.385 e. The lowest BCUT2D eigenvalue weighted by molar-refractivity contribution is -0.137. The van der Waals surface area contributed by atoms with Gasteiger partial charge in [-0.25, -0.2) is 0 Å². The van der Waals surface area contributed by atoms with E-state index in [1.54, 1.807) is 6.92 Å². The fourth-order valence-electron chi connectivity index (χ4n) is 2.65. The van der Waals surface area contributed by atoms with Crippen LogP contribution in [0.4, 0.5) is 13.2 Å². The molecule has 1 unspecified atom stereocenters. The lowest BCUT2D eigenvalue weighted by atomic mass is 9.84. The van der Waals surface area contributed by atoms with Gasteiger partial charge in [-0.3, -0.25) is 4.90 Å². The van der Waals surface area contributed by atoms with Crippen molar-refractivity contribution >= 4 is 6.29 Å². The predicted molar refractivity (Wildman–Crippen MR) is 71.7 cm³/mol. The van der Waals surface area contributed by atoms with Crippen LogP contribution in [0.2, 0.25) is 0 Å². The van der Waals surface area contributed by atoms with E-state index in [4.69, 9.17) is 0 Å². The average Bonchev–Trinajstić information content (AvgIpc) is 2.46. The summed E-state index contributed by atoms with van der Waals surface area (Å²) >= 11 is 0. The summed E-state index contributed by atoms with van der Waals surface area (Å²) in [7, 11) is 0. The number of aliphatic hydroxyl groups is 1. The van der Waals surface area contributed by atoms with Gasteiger partial charge in [0.2, 0.25) is 0 Å². The van der Waals surface area contributed by atoms with E-state index in [9.17, 15) is 23.1 Å². The van der Waals surface area contributed by atoms with Crippen molar-refractivity contribution in [2.75, 3.05) is 13.1 Å². The van der Waals surface area contributed by atoms with Crippen LogP contribution < -0.4 is 0 Å². The van der Waals surface area contributed by atoms with Crippen LogP contribution in [0, 0.1) is 0 Å². The van der Waals surface area contributed by atoms with Crippen molar-refractivity contribution in [3.63, 3.8) is 0 Å². The molecule has 1 aromatic rings. The van der Waals surface area contributed by atoms with Crippen molar-refractivity contribution in [2.45, 2.75) is 37.6 Å². The molecule has 0 saturated carbocycles. The van der Waals surface area contributed by atoms with Crippen LogP contribution in [-0.4, -0.2) is 35.4 Å². The summed E-state index contributed by atoms with van der Waals surface area (Å²) in [5.41, 5.74) is -1.35. The summed E-state index contributed by atoms with van der Waals surface area (Å²) in [5, 5.41) is 10.6. The largest absolute Gasteiger partial charge is 0.416 e. The molecule has 21 heavy (non-hydrogen) atoms. The highest BCUT2D eigenvalue weighted by molar-refractivity contribution is 5.56. The summed E-state index contributed by atoms with van der Waals surface area (Å²) in [6.45, 7) is 2.87. The highest BCUT2D eigenvalue weighted by Crippen LogP contribution is 2.35. The molecule has 0 aliphatic carbocycles. The number of carbonyl (C=O) groups excluding carboxylic acids is 1. The molecule has 1 heterocycles. The van der Waals surface area contributed by atoms with Gasteiger partial charge in [0, 0.05) is 13.1 Å². The van der Waals surface area contributed by atoms with E-state index in [1.807, 2.05) is 4.90 Å². The molecule has 0 bridgehead atoms. The highest BCUT2D eigenvalue weighted by atomic mass is 19.4. The van der Waals surface area contributed by atoms with E-state index in [-0.39, 0.29) is 6.04 Å². The number of likely N-dealkylation sites (tertiary alicyclic amines) is 1. The molecule has 1 atom stereocenters. The zero-order valence-electron chi connectivity index (χ0n) is 11.7. The molecule has 6 heteroatoms. The summed E-state index contributed by atoms with van der Waals surface area (Å²) < 4.78 is 37.6. The third kappa shape index (κ3) is 3.44. The maximum Gasteiger partial charge on any atom is 0.416 e. The smallest absolute Gasteiger partial charge is 0.385 e. The molecule has 0 aromatic heterocycles. The van der Waals surface area contributed by atoms with E-state index in [1.165, 1.54) is 12.1 Å². The number of aldehydes is 1. The quantitative estimate of drug-likeness (QED) is 0.872. The Morgan fingerprint density at radius 2 is 1.76 bits per heavy atom. The van der Waals surface area contributed by atoms with E-state index in [0.29, 0.717) is 31.5 Å². The van der Waals surface area contributed by atoms with Crippen LogP contribution in [-0.2, 0) is 16.6 Å². The van der Waals surface area contributed by atoms with Crippen LogP contribution in [0.25, 0.3) is 0 Å². The Bertz CT molecular complexity index is 491. The Balaban J connectivity index is 2.10. The standard InChI is InChI=1S/C15H18F3NO2/c1-11(10-20)19-8-6-14(21,7-9-19)12-2-4-13(5-3-12)15(16,17)18/h2-5,10-11,21H,6-9H2,1H3. The van der Waals surface area contributed by atoms with Gasteiger partial charge in [0.1, 0.15) is 6.29 Å². The van der Waals surface area contributed by atoms with Crippen LogP contribution in [0.1, 0.15) is 30.9 Å². The number of rotatable bonds is 3. The number of piperidine rings is 1. The minimum atomic E-state index is -4.37. The molecular formula is C15H18F3NO2. The second-order valence-electron chi connectivity index (χ2n) is 5.52. The first-order valence-electron chi connectivity index (χ1n) is 6.86. The van der Waals surface area contributed by atoms with Crippen molar-refractivity contribution < 1.29 is 23.1 Å². The monoisotopic (exact) mass is 301 g/mol. The number of hydrogen-bond acceptors (Lipinski definition) is 3. The molecule has 0 amide bonds. The fraction of sp³-hybridized carbons (Fsp3) is 0.533. The predicted octanol–water partition coefficient (Wildman–Crippen LogP) is 2.58. The van der Waals surface area contributed by atoms with Gasteiger partial charge in [-0.2, -0.15) is 13.2 Å². The lowest BCUT2D eigenvalue weighted by Gasteiger charge is -2.39. The Morgan fingerprint density at radius 1 is 1.24 bits per heavy atom. The van der Waals surface area contributed by atoms with Crippen molar-refractivity contribution in [1.29, 1.82) is 0 Å². The first-order chi connectivity index (χ1) is 9.76. The van der Waals surface area contributed by atoms with E-state index >= 15 is 0 Å². The third-order valence-corrected chi connectivity index (χ3v) is 4.15. The molecule has 0 radical (unpaired) electrons. The number of halogens is 3. The average molecular weight is 301 g/mol. The van der Waals surface area contributed by atoms with Crippen molar-refractivity contribution in [3.8, 4) is 0 Å². The third-order valence-electron chi connectivity index (χ3n) is 4.15. The Hall–Kier alpha value is -1.40. The van der Waals surface area contributed by atoms with Crippen molar-refractivity contribution in [3.05, 3.63) is 35.4 Å². The number of alkyl halides is 3. The van der Waals surface area contributed by atoms with Crippen LogP contribution in [0.3, 0.4) is 0 Å². The van der Waals surface area contributed by atoms with Gasteiger partial charge >= 0.3 is 6.18 Å². The zero-order valence-corrected chi connectivity index (χ0v) is 11.7. The number of hydrogen-bond donors (Lipinski definition) is 1. The minimum absolute atomic E-state index is 0.206. The van der Waals surface area contributed by atoms with Gasteiger partial charge < -0.3 is 9.90 Å². The first kappa shape index (κ1) is 16.0. The molecule has 1 aliphatic rings. The Morgan fingerprint density at radius 3 is 2.19 bits per heavy atom. The number of nitrogens with zero attached hydrogens (tertiary/aromatic N) is 1. The van der Waals surface area contributed by atoms with E-state index in [0.717, 1.165) is 18.4 Å². The summed E-state index contributed by atoms with van der Waals surface area (Å²) in [6, 6.07) is 4.45. The summed E-state index contributed by atoms with van der Waals surface area (Å²) in [5.74, 6) is 0. The topological polar surface area (TPSA) is 40.5 Å². The van der Waals surface area contributed by atoms with Gasteiger partial charge in [0.05, 0.1) is 17.2 Å². The molecule has 1 aromatic carbocycles. The molecule has 0 spiro atoms. The molecule has 1 N–H and O–H groups in total.